The maximum atomic E-state index is 13.3. The number of anilines is 1. The Bertz CT molecular complexity index is 1250. The van der Waals surface area contributed by atoms with Crippen LogP contribution in [0.3, 0.4) is 0 Å². The van der Waals surface area contributed by atoms with Crippen LogP contribution in [0, 0.1) is 10.1 Å². The molecule has 1 fully saturated rings. The molecule has 11 heteroatoms. The van der Waals surface area contributed by atoms with Crippen molar-refractivity contribution in [3.63, 3.8) is 0 Å². The fourth-order valence-electron chi connectivity index (χ4n) is 3.36. The normalized spacial score (nSPS) is 16.5. The number of amides is 1. The number of sulfone groups is 1. The molecule has 0 saturated carbocycles. The number of rotatable bonds is 6. The lowest BCUT2D eigenvalue weighted by Crippen LogP contribution is -2.37. The van der Waals surface area contributed by atoms with Gasteiger partial charge in [0.15, 0.2) is 15.0 Å². The molecule has 2 aromatic carbocycles. The van der Waals surface area contributed by atoms with Crippen LogP contribution in [-0.2, 0) is 14.6 Å². The van der Waals surface area contributed by atoms with Crippen molar-refractivity contribution in [3.8, 4) is 0 Å². The maximum Gasteiger partial charge on any atom is 0.269 e. The third-order valence-corrected chi connectivity index (χ3v) is 7.14. The van der Waals surface area contributed by atoms with Crippen molar-refractivity contribution in [1.29, 1.82) is 0 Å². The third kappa shape index (κ3) is 4.58. The lowest BCUT2D eigenvalue weighted by atomic mass is 10.1. The zero-order valence-electron chi connectivity index (χ0n) is 16.6. The molecule has 162 valence electrons. The van der Waals surface area contributed by atoms with Gasteiger partial charge in [-0.15, -0.1) is 0 Å². The summed E-state index contributed by atoms with van der Waals surface area (Å²) < 4.78 is 30.1. The third-order valence-electron chi connectivity index (χ3n) is 4.99. The summed E-state index contributed by atoms with van der Waals surface area (Å²) in [6.45, 7) is 0.913. The number of nitrogens with zero attached hydrogens (tertiary/aromatic N) is 3. The minimum atomic E-state index is -3.37. The Kier molecular flexibility index (Phi) is 5.73. The monoisotopic (exact) mass is 461 g/mol. The fraction of sp³-hybridized carbons (Fsp3) is 0.300. The van der Waals surface area contributed by atoms with Crippen molar-refractivity contribution in [3.05, 3.63) is 58.1 Å². The Hall–Kier alpha value is -2.89. The van der Waals surface area contributed by atoms with Crippen LogP contribution in [-0.4, -0.2) is 49.7 Å². The van der Waals surface area contributed by atoms with Crippen LogP contribution in [0.2, 0.25) is 0 Å². The van der Waals surface area contributed by atoms with E-state index in [2.05, 4.69) is 4.98 Å². The van der Waals surface area contributed by atoms with Gasteiger partial charge in [0.25, 0.3) is 11.6 Å². The standard InChI is InChI=1S/C20H19N3O6S2/c1-31(27,28)16-8-9-17-18(11-16)30-20(21-17)22(12-15-3-2-10-29-15)19(24)13-4-6-14(7-5-13)23(25)26/h4-9,11,15H,2-3,10,12H2,1H3. The van der Waals surface area contributed by atoms with Gasteiger partial charge in [-0.25, -0.2) is 13.4 Å². The predicted molar refractivity (Wildman–Crippen MR) is 116 cm³/mol. The van der Waals surface area contributed by atoms with Crippen molar-refractivity contribution in [2.24, 2.45) is 0 Å². The Labute approximate surface area is 182 Å². The summed E-state index contributed by atoms with van der Waals surface area (Å²) in [5.74, 6) is -0.354. The van der Waals surface area contributed by atoms with Crippen LogP contribution in [0.25, 0.3) is 10.2 Å². The molecule has 1 amide bonds. The SMILES string of the molecule is CS(=O)(=O)c1ccc2nc(N(CC3CCCO3)C(=O)c3ccc([N+](=O)[O-])cc3)sc2c1. The number of nitro benzene ring substituents is 1. The second kappa shape index (κ2) is 8.33. The van der Waals surface area contributed by atoms with Gasteiger partial charge in [0.1, 0.15) is 0 Å². The number of hydrogen-bond donors (Lipinski definition) is 0. The van der Waals surface area contributed by atoms with Crippen molar-refractivity contribution >= 4 is 48.1 Å². The molecule has 1 aliphatic heterocycles. The van der Waals surface area contributed by atoms with Gasteiger partial charge in [-0.1, -0.05) is 11.3 Å². The number of hydrogen-bond acceptors (Lipinski definition) is 8. The van der Waals surface area contributed by atoms with Crippen molar-refractivity contribution in [2.45, 2.75) is 23.8 Å². The molecular formula is C20H19N3O6S2. The van der Waals surface area contributed by atoms with Crippen LogP contribution in [0.1, 0.15) is 23.2 Å². The first-order chi connectivity index (χ1) is 14.7. The van der Waals surface area contributed by atoms with E-state index in [9.17, 15) is 23.3 Å². The smallest absolute Gasteiger partial charge is 0.269 e. The molecule has 0 aliphatic carbocycles. The highest BCUT2D eigenvalue weighted by Gasteiger charge is 2.27. The quantitative estimate of drug-likeness (QED) is 0.407. The van der Waals surface area contributed by atoms with E-state index in [-0.39, 0.29) is 29.1 Å². The molecule has 1 unspecified atom stereocenters. The first kappa shape index (κ1) is 21.3. The zero-order chi connectivity index (χ0) is 22.2. The fourth-order valence-corrected chi connectivity index (χ4v) is 5.09. The number of nitro groups is 1. The summed E-state index contributed by atoms with van der Waals surface area (Å²) in [5, 5.41) is 11.3. The minimum absolute atomic E-state index is 0.101. The van der Waals surface area contributed by atoms with E-state index < -0.39 is 14.8 Å². The molecule has 9 nitrogen and oxygen atoms in total. The molecule has 1 aromatic heterocycles. The number of benzene rings is 2. The largest absolute Gasteiger partial charge is 0.376 e. The topological polar surface area (TPSA) is 120 Å². The first-order valence-corrected chi connectivity index (χ1v) is 12.2. The van der Waals surface area contributed by atoms with Gasteiger partial charge in [0.2, 0.25) is 0 Å². The van der Waals surface area contributed by atoms with Gasteiger partial charge in [0, 0.05) is 30.6 Å². The number of non-ortho nitro benzene ring substituents is 1. The average molecular weight is 462 g/mol. The van der Waals surface area contributed by atoms with E-state index in [1.165, 1.54) is 46.6 Å². The summed E-state index contributed by atoms with van der Waals surface area (Å²) >= 11 is 1.22. The van der Waals surface area contributed by atoms with Gasteiger partial charge in [-0.3, -0.25) is 19.8 Å². The molecule has 1 atom stereocenters. The van der Waals surface area contributed by atoms with Crippen molar-refractivity contribution in [1.82, 2.24) is 4.98 Å². The Morgan fingerprint density at radius 3 is 2.65 bits per heavy atom. The van der Waals surface area contributed by atoms with Gasteiger partial charge in [-0.05, 0) is 43.2 Å². The molecule has 2 heterocycles. The van der Waals surface area contributed by atoms with Crippen LogP contribution < -0.4 is 4.90 Å². The molecule has 3 aromatic rings. The summed E-state index contributed by atoms with van der Waals surface area (Å²) in [6.07, 6.45) is 2.72. The number of carbonyl (C=O) groups is 1. The molecule has 4 rings (SSSR count). The molecule has 1 saturated heterocycles. The molecule has 0 bridgehead atoms. The summed E-state index contributed by atoms with van der Waals surface area (Å²) in [7, 11) is -3.37. The highest BCUT2D eigenvalue weighted by atomic mass is 32.2. The van der Waals surface area contributed by atoms with Crippen LogP contribution in [0.4, 0.5) is 10.8 Å². The Morgan fingerprint density at radius 2 is 2.03 bits per heavy atom. The molecule has 0 radical (unpaired) electrons. The molecular weight excluding hydrogens is 442 g/mol. The zero-order valence-corrected chi connectivity index (χ0v) is 18.2. The van der Waals surface area contributed by atoms with Gasteiger partial charge >= 0.3 is 0 Å². The second-order valence-electron chi connectivity index (χ2n) is 7.25. The number of fused-ring (bicyclic) bond motifs is 1. The lowest BCUT2D eigenvalue weighted by molar-refractivity contribution is -0.384. The summed E-state index contributed by atoms with van der Waals surface area (Å²) in [6, 6.07) is 10.1. The van der Waals surface area contributed by atoms with E-state index in [0.717, 1.165) is 19.1 Å². The lowest BCUT2D eigenvalue weighted by Gasteiger charge is -2.23. The number of thiazole rings is 1. The van der Waals surface area contributed by atoms with Crippen LogP contribution in [0.5, 0.6) is 0 Å². The van der Waals surface area contributed by atoms with E-state index in [1.54, 1.807) is 12.1 Å². The number of carbonyl (C=O) groups excluding carboxylic acids is 1. The molecule has 0 spiro atoms. The van der Waals surface area contributed by atoms with Gasteiger partial charge in [0.05, 0.1) is 32.7 Å². The second-order valence-corrected chi connectivity index (χ2v) is 10.3. The van der Waals surface area contributed by atoms with E-state index in [0.29, 0.717) is 27.5 Å². The van der Waals surface area contributed by atoms with Gasteiger partial charge < -0.3 is 4.74 Å². The van der Waals surface area contributed by atoms with Gasteiger partial charge in [-0.2, -0.15) is 0 Å². The summed E-state index contributed by atoms with van der Waals surface area (Å²) in [5.41, 5.74) is 0.774. The average Bonchev–Trinajstić information content (AvgIpc) is 3.39. The predicted octanol–water partition coefficient (Wildman–Crippen LogP) is 3.43. The van der Waals surface area contributed by atoms with Crippen molar-refractivity contribution < 1.29 is 22.9 Å². The maximum absolute atomic E-state index is 13.3. The van der Waals surface area contributed by atoms with E-state index >= 15 is 0 Å². The molecule has 31 heavy (non-hydrogen) atoms. The molecule has 0 N–H and O–H groups in total. The highest BCUT2D eigenvalue weighted by Crippen LogP contribution is 2.32. The molecule has 1 aliphatic rings. The first-order valence-electron chi connectivity index (χ1n) is 9.51. The van der Waals surface area contributed by atoms with Crippen LogP contribution in [0.15, 0.2) is 47.4 Å². The number of aromatic nitrogens is 1. The van der Waals surface area contributed by atoms with E-state index in [4.69, 9.17) is 4.74 Å². The summed E-state index contributed by atoms with van der Waals surface area (Å²) in [4.78, 5) is 29.9. The van der Waals surface area contributed by atoms with Crippen LogP contribution >= 0.6 is 11.3 Å². The van der Waals surface area contributed by atoms with Crippen molar-refractivity contribution in [2.75, 3.05) is 24.3 Å². The highest BCUT2D eigenvalue weighted by molar-refractivity contribution is 7.90. The Balaban J connectivity index is 1.71. The van der Waals surface area contributed by atoms with E-state index in [1.807, 2.05) is 0 Å². The Morgan fingerprint density at radius 1 is 1.29 bits per heavy atom. The minimum Gasteiger partial charge on any atom is -0.376 e. The number of ether oxygens (including phenoxy) is 1.